The van der Waals surface area contributed by atoms with Crippen molar-refractivity contribution in [1.82, 2.24) is 26.6 Å². The summed E-state index contributed by atoms with van der Waals surface area (Å²) in [4.78, 5) is 80.0. The van der Waals surface area contributed by atoms with Crippen LogP contribution < -0.4 is 38.1 Å². The van der Waals surface area contributed by atoms with Crippen LogP contribution in [0.1, 0.15) is 65.7 Å². The Morgan fingerprint density at radius 3 is 2.05 bits per heavy atom. The Labute approximate surface area is 227 Å². The third-order valence-electron chi connectivity index (χ3n) is 6.01. The zero-order valence-corrected chi connectivity index (χ0v) is 22.7. The molecule has 39 heavy (non-hydrogen) atoms. The van der Waals surface area contributed by atoms with E-state index < -0.39 is 72.6 Å². The first kappa shape index (κ1) is 33.1. The van der Waals surface area contributed by atoms with E-state index in [0.717, 1.165) is 12.8 Å². The van der Waals surface area contributed by atoms with Crippen LogP contribution in [0.25, 0.3) is 0 Å². The first-order chi connectivity index (χ1) is 18.3. The molecule has 10 N–H and O–H groups in total. The molecule has 15 heteroatoms. The van der Waals surface area contributed by atoms with E-state index in [0.29, 0.717) is 12.8 Å². The summed E-state index contributed by atoms with van der Waals surface area (Å²) in [5.74, 6) is -5.51. The molecule has 0 spiro atoms. The third-order valence-corrected chi connectivity index (χ3v) is 6.01. The molecule has 4 atom stereocenters. The molecule has 0 aromatic carbocycles. The fraction of sp³-hybridized carbons (Fsp3) is 0.708. The summed E-state index contributed by atoms with van der Waals surface area (Å²) in [6, 6.07) is -4.70. The molecular weight excluding hydrogens is 512 g/mol. The van der Waals surface area contributed by atoms with Crippen LogP contribution in [0.2, 0.25) is 0 Å². The minimum absolute atomic E-state index is 0.121. The van der Waals surface area contributed by atoms with Crippen molar-refractivity contribution in [3.8, 4) is 0 Å². The Bertz CT molecular complexity index is 920. The van der Waals surface area contributed by atoms with E-state index in [9.17, 15) is 33.9 Å². The number of aliphatic imine (C=N–C) groups is 1. The summed E-state index contributed by atoms with van der Waals surface area (Å²) in [6.07, 6.45) is 2.15. The predicted molar refractivity (Wildman–Crippen MR) is 142 cm³/mol. The first-order valence-corrected chi connectivity index (χ1v) is 13.1. The number of nitrogens with zero attached hydrogens (tertiary/aromatic N) is 1. The molecule has 1 aliphatic heterocycles. The van der Waals surface area contributed by atoms with Crippen molar-refractivity contribution in [1.29, 1.82) is 0 Å². The van der Waals surface area contributed by atoms with Crippen molar-refractivity contribution >= 4 is 41.5 Å². The fourth-order valence-corrected chi connectivity index (χ4v) is 3.88. The number of hydrogen-bond acceptors (Lipinski definition) is 7. The number of nitrogens with one attached hydrogen (secondary N) is 5. The molecule has 0 aliphatic carbocycles. The van der Waals surface area contributed by atoms with Crippen molar-refractivity contribution in [3.05, 3.63) is 0 Å². The molecule has 0 radical (unpaired) electrons. The van der Waals surface area contributed by atoms with E-state index in [1.165, 1.54) is 0 Å². The van der Waals surface area contributed by atoms with Gasteiger partial charge in [0.25, 0.3) is 0 Å². The fourth-order valence-electron chi connectivity index (χ4n) is 3.88. The SMILES string of the molecule is CCCCC[C@@H]1NC(=O)[C@H](CC(=O)O)NC(=O)CNC(=O)[C@H](CCCN=C(N)N)NC(=O)[C@@H](C(C)C)NC1=O. The van der Waals surface area contributed by atoms with Crippen LogP contribution in [0, 0.1) is 5.92 Å². The molecule has 0 unspecified atom stereocenters. The molecule has 1 aliphatic rings. The second-order valence-electron chi connectivity index (χ2n) is 9.73. The monoisotopic (exact) mass is 554 g/mol. The number of amides is 5. The first-order valence-electron chi connectivity index (χ1n) is 13.1. The van der Waals surface area contributed by atoms with Crippen LogP contribution in [0.4, 0.5) is 0 Å². The standard InChI is InChI=1S/C24H42N8O7/c1-4-5-6-8-15-21(37)32-19(13(2)3)23(39)31-14(9-7-10-27-24(25)26)20(36)28-12-17(33)29-16(11-18(34)35)22(38)30-15/h13-16,19H,4-12H2,1-3H3,(H,28,36)(H,29,33)(H,30,38)(H,31,39)(H,32,37)(H,34,35)(H4,25,26,27)/t14-,15-,16-,19+/m0/s1. The molecule has 220 valence electrons. The number of carboxylic acids is 1. The van der Waals surface area contributed by atoms with E-state index in [4.69, 9.17) is 11.5 Å². The van der Waals surface area contributed by atoms with Gasteiger partial charge < -0.3 is 43.2 Å². The summed E-state index contributed by atoms with van der Waals surface area (Å²) in [5, 5.41) is 21.8. The molecule has 1 heterocycles. The van der Waals surface area contributed by atoms with Gasteiger partial charge in [-0.1, -0.05) is 40.0 Å². The second-order valence-corrected chi connectivity index (χ2v) is 9.73. The smallest absolute Gasteiger partial charge is 0.305 e. The van der Waals surface area contributed by atoms with Crippen molar-refractivity contribution in [3.63, 3.8) is 0 Å². The predicted octanol–water partition coefficient (Wildman–Crippen LogP) is -2.18. The highest BCUT2D eigenvalue weighted by molar-refractivity contribution is 5.98. The number of carbonyl (C=O) groups excluding carboxylic acids is 5. The van der Waals surface area contributed by atoms with Crippen molar-refractivity contribution in [2.45, 2.75) is 89.9 Å². The average Bonchev–Trinajstić information content (AvgIpc) is 2.85. The van der Waals surface area contributed by atoms with E-state index in [-0.39, 0.29) is 31.3 Å². The number of unbranched alkanes of at least 4 members (excludes halogenated alkanes) is 2. The lowest BCUT2D eigenvalue weighted by atomic mass is 10.0. The largest absolute Gasteiger partial charge is 0.481 e. The van der Waals surface area contributed by atoms with Gasteiger partial charge in [-0.05, 0) is 25.2 Å². The molecule has 0 aromatic rings. The lowest BCUT2D eigenvalue weighted by Gasteiger charge is -2.27. The van der Waals surface area contributed by atoms with Gasteiger partial charge in [-0.3, -0.25) is 33.8 Å². The Balaban J connectivity index is 3.33. The van der Waals surface area contributed by atoms with Gasteiger partial charge in [0, 0.05) is 6.54 Å². The molecular formula is C24H42N8O7. The maximum Gasteiger partial charge on any atom is 0.305 e. The maximum absolute atomic E-state index is 13.2. The summed E-state index contributed by atoms with van der Waals surface area (Å²) >= 11 is 0. The molecule has 5 amide bonds. The minimum atomic E-state index is -1.49. The molecule has 1 fully saturated rings. The van der Waals surface area contributed by atoms with E-state index in [1.807, 2.05) is 6.92 Å². The molecule has 0 bridgehead atoms. The van der Waals surface area contributed by atoms with Crippen molar-refractivity contribution < 1.29 is 33.9 Å². The van der Waals surface area contributed by atoms with Crippen LogP contribution in [0.3, 0.4) is 0 Å². The zero-order valence-electron chi connectivity index (χ0n) is 22.7. The second kappa shape index (κ2) is 16.8. The topological polar surface area (TPSA) is 247 Å². The summed E-state index contributed by atoms with van der Waals surface area (Å²) in [6.45, 7) is 5.01. The van der Waals surface area contributed by atoms with E-state index >= 15 is 0 Å². The highest BCUT2D eigenvalue weighted by Crippen LogP contribution is 2.09. The maximum atomic E-state index is 13.2. The van der Waals surface area contributed by atoms with Gasteiger partial charge in [0.1, 0.15) is 24.2 Å². The number of carbonyl (C=O) groups is 6. The lowest BCUT2D eigenvalue weighted by molar-refractivity contribution is -0.141. The highest BCUT2D eigenvalue weighted by Gasteiger charge is 2.33. The van der Waals surface area contributed by atoms with E-state index in [1.54, 1.807) is 13.8 Å². The molecule has 1 saturated heterocycles. The number of carboxylic acid groups (broad SMARTS) is 1. The number of rotatable bonds is 11. The van der Waals surface area contributed by atoms with E-state index in [2.05, 4.69) is 31.6 Å². The number of nitrogens with two attached hydrogens (primary N) is 2. The van der Waals surface area contributed by atoms with Crippen LogP contribution in [0.5, 0.6) is 0 Å². The van der Waals surface area contributed by atoms with Gasteiger partial charge >= 0.3 is 5.97 Å². The highest BCUT2D eigenvalue weighted by atomic mass is 16.4. The third kappa shape index (κ3) is 12.5. The van der Waals surface area contributed by atoms with Gasteiger partial charge in [-0.2, -0.15) is 0 Å². The van der Waals surface area contributed by atoms with Gasteiger partial charge in [0.15, 0.2) is 5.96 Å². The summed E-state index contributed by atoms with van der Waals surface area (Å²) in [7, 11) is 0. The van der Waals surface area contributed by atoms with Crippen LogP contribution in [-0.4, -0.2) is 83.8 Å². The van der Waals surface area contributed by atoms with Crippen LogP contribution in [-0.2, 0) is 28.8 Å². The molecule has 0 saturated carbocycles. The minimum Gasteiger partial charge on any atom is -0.481 e. The average molecular weight is 555 g/mol. The van der Waals surface area contributed by atoms with Gasteiger partial charge in [0.05, 0.1) is 13.0 Å². The lowest BCUT2D eigenvalue weighted by Crippen LogP contribution is -2.59. The van der Waals surface area contributed by atoms with Gasteiger partial charge in [-0.15, -0.1) is 0 Å². The number of aliphatic carboxylic acids is 1. The molecule has 1 rings (SSSR count). The molecule has 0 aromatic heterocycles. The van der Waals surface area contributed by atoms with Crippen molar-refractivity contribution in [2.75, 3.05) is 13.1 Å². The summed E-state index contributed by atoms with van der Waals surface area (Å²) in [5.41, 5.74) is 10.7. The Morgan fingerprint density at radius 2 is 1.46 bits per heavy atom. The Morgan fingerprint density at radius 1 is 0.872 bits per heavy atom. The molecule has 15 nitrogen and oxygen atoms in total. The normalized spacial score (nSPS) is 23.3. The zero-order chi connectivity index (χ0) is 29.5. The number of hydrogen-bond donors (Lipinski definition) is 8. The quantitative estimate of drug-likeness (QED) is 0.0784. The van der Waals surface area contributed by atoms with Crippen LogP contribution in [0.15, 0.2) is 4.99 Å². The van der Waals surface area contributed by atoms with Crippen LogP contribution >= 0.6 is 0 Å². The summed E-state index contributed by atoms with van der Waals surface area (Å²) < 4.78 is 0. The Kier molecular flexibility index (Phi) is 14.3. The van der Waals surface area contributed by atoms with Crippen molar-refractivity contribution in [2.24, 2.45) is 22.4 Å². The van der Waals surface area contributed by atoms with Gasteiger partial charge in [0.2, 0.25) is 29.5 Å². The number of guanidine groups is 1. The van der Waals surface area contributed by atoms with Gasteiger partial charge in [-0.25, -0.2) is 0 Å². The Hall–Kier alpha value is -3.91.